The van der Waals surface area contributed by atoms with Gasteiger partial charge in [0.2, 0.25) is 0 Å². The first-order valence-electron chi connectivity index (χ1n) is 3.07. The Labute approximate surface area is 55.6 Å². The van der Waals surface area contributed by atoms with E-state index < -0.39 is 0 Å². The second-order valence-electron chi connectivity index (χ2n) is 1.53. The monoisotopic (exact) mass is 128 g/mol. The summed E-state index contributed by atoms with van der Waals surface area (Å²) in [6.45, 7) is 4.56. The molecule has 0 unspecified atom stereocenters. The van der Waals surface area contributed by atoms with Crippen LogP contribution in [-0.4, -0.2) is 26.3 Å². The van der Waals surface area contributed by atoms with Gasteiger partial charge in [0, 0.05) is 13.2 Å². The first kappa shape index (κ1) is 8.41. The van der Waals surface area contributed by atoms with Crippen molar-refractivity contribution in [1.82, 2.24) is 5.32 Å². The summed E-state index contributed by atoms with van der Waals surface area (Å²) in [5.41, 5.74) is 0. The molecule has 0 saturated carbocycles. The number of hydrogen-bond acceptors (Lipinski definition) is 3. The highest BCUT2D eigenvalue weighted by molar-refractivity contribution is 4.71. The van der Waals surface area contributed by atoms with Gasteiger partial charge in [0.05, 0.1) is 19.2 Å². The van der Waals surface area contributed by atoms with Crippen molar-refractivity contribution in [3.05, 3.63) is 0 Å². The van der Waals surface area contributed by atoms with Gasteiger partial charge >= 0.3 is 0 Å². The number of nitrogens with one attached hydrogen (secondary N) is 1. The van der Waals surface area contributed by atoms with Crippen LogP contribution >= 0.6 is 0 Å². The molecule has 0 atom stereocenters. The Bertz CT molecular complexity index is 87.5. The van der Waals surface area contributed by atoms with E-state index >= 15 is 0 Å². The van der Waals surface area contributed by atoms with E-state index in [-0.39, 0.29) is 0 Å². The first-order chi connectivity index (χ1) is 4.41. The van der Waals surface area contributed by atoms with E-state index in [1.165, 1.54) is 0 Å². The predicted molar refractivity (Wildman–Crippen MR) is 35.0 cm³/mol. The van der Waals surface area contributed by atoms with Gasteiger partial charge in [-0.1, -0.05) is 0 Å². The van der Waals surface area contributed by atoms with Crippen molar-refractivity contribution in [3.63, 3.8) is 0 Å². The molecule has 0 aromatic heterocycles. The lowest BCUT2D eigenvalue weighted by atomic mass is 10.6. The van der Waals surface area contributed by atoms with Crippen LogP contribution in [0.1, 0.15) is 6.92 Å². The highest BCUT2D eigenvalue weighted by Gasteiger charge is 1.82. The van der Waals surface area contributed by atoms with E-state index in [4.69, 9.17) is 10.00 Å². The quantitative estimate of drug-likeness (QED) is 0.423. The maximum absolute atomic E-state index is 8.07. The Balaban J connectivity index is 2.69. The molecule has 0 aromatic rings. The van der Waals surface area contributed by atoms with Crippen molar-refractivity contribution in [2.45, 2.75) is 6.92 Å². The normalized spacial score (nSPS) is 8.89. The molecule has 3 nitrogen and oxygen atoms in total. The van der Waals surface area contributed by atoms with Gasteiger partial charge in [-0.25, -0.2) is 0 Å². The predicted octanol–water partition coefficient (Wildman–Crippen LogP) is 0.136. The van der Waals surface area contributed by atoms with Gasteiger partial charge in [-0.3, -0.25) is 0 Å². The molecular formula is C6H12N2O. The second-order valence-corrected chi connectivity index (χ2v) is 1.53. The molecular weight excluding hydrogens is 116 g/mol. The van der Waals surface area contributed by atoms with E-state index in [2.05, 4.69) is 5.32 Å². The van der Waals surface area contributed by atoms with Crippen molar-refractivity contribution in [1.29, 1.82) is 5.26 Å². The van der Waals surface area contributed by atoms with Crippen molar-refractivity contribution in [2.24, 2.45) is 0 Å². The third kappa shape index (κ3) is 7.41. The molecule has 0 spiro atoms. The lowest BCUT2D eigenvalue weighted by molar-refractivity contribution is 0.150. The average molecular weight is 128 g/mol. The topological polar surface area (TPSA) is 45.0 Å². The molecule has 0 aliphatic carbocycles. The molecule has 0 heterocycles. The summed E-state index contributed by atoms with van der Waals surface area (Å²) in [7, 11) is 0. The summed E-state index contributed by atoms with van der Waals surface area (Å²) < 4.78 is 5.01. The standard InChI is InChI=1S/C6H12N2O/c1-2-9-6-5-8-4-3-7/h8H,2,4-6H2,1H3. The largest absolute Gasteiger partial charge is 0.380 e. The Kier molecular flexibility index (Phi) is 6.92. The van der Waals surface area contributed by atoms with Crippen LogP contribution in [0.15, 0.2) is 0 Å². The minimum atomic E-state index is 0.410. The zero-order valence-corrected chi connectivity index (χ0v) is 5.68. The molecule has 0 amide bonds. The maximum Gasteiger partial charge on any atom is 0.0841 e. The van der Waals surface area contributed by atoms with Crippen molar-refractivity contribution in [2.75, 3.05) is 26.3 Å². The van der Waals surface area contributed by atoms with Gasteiger partial charge in [0.15, 0.2) is 0 Å². The second kappa shape index (κ2) is 7.41. The van der Waals surface area contributed by atoms with Gasteiger partial charge in [-0.2, -0.15) is 5.26 Å². The summed E-state index contributed by atoms with van der Waals surface area (Å²) in [5, 5.41) is 11.0. The Morgan fingerprint density at radius 1 is 1.67 bits per heavy atom. The van der Waals surface area contributed by atoms with Crippen LogP contribution in [-0.2, 0) is 4.74 Å². The molecule has 0 aromatic carbocycles. The Hall–Kier alpha value is -0.590. The summed E-state index contributed by atoms with van der Waals surface area (Å²) in [5.74, 6) is 0. The zero-order chi connectivity index (χ0) is 6.95. The third-order valence-electron chi connectivity index (χ3n) is 0.831. The molecule has 0 radical (unpaired) electrons. The molecule has 1 N–H and O–H groups in total. The van der Waals surface area contributed by atoms with Crippen LogP contribution < -0.4 is 5.32 Å². The van der Waals surface area contributed by atoms with Gasteiger partial charge in [0.1, 0.15) is 0 Å². The number of rotatable bonds is 5. The van der Waals surface area contributed by atoms with Crippen LogP contribution in [0.2, 0.25) is 0 Å². The van der Waals surface area contributed by atoms with E-state index in [1.807, 2.05) is 13.0 Å². The van der Waals surface area contributed by atoms with Gasteiger partial charge in [-0.05, 0) is 6.92 Å². The summed E-state index contributed by atoms with van der Waals surface area (Å²) in [6, 6.07) is 1.98. The highest BCUT2D eigenvalue weighted by atomic mass is 16.5. The minimum absolute atomic E-state index is 0.410. The number of hydrogen-bond donors (Lipinski definition) is 1. The van der Waals surface area contributed by atoms with Crippen LogP contribution in [0, 0.1) is 11.3 Å². The van der Waals surface area contributed by atoms with E-state index in [0.717, 1.165) is 13.2 Å². The van der Waals surface area contributed by atoms with Gasteiger partial charge < -0.3 is 10.1 Å². The van der Waals surface area contributed by atoms with Crippen LogP contribution in [0.5, 0.6) is 0 Å². The molecule has 9 heavy (non-hydrogen) atoms. The van der Waals surface area contributed by atoms with E-state index in [9.17, 15) is 0 Å². The Morgan fingerprint density at radius 3 is 3.00 bits per heavy atom. The van der Waals surface area contributed by atoms with Crippen molar-refractivity contribution in [3.8, 4) is 6.07 Å². The van der Waals surface area contributed by atoms with E-state index in [1.54, 1.807) is 0 Å². The van der Waals surface area contributed by atoms with Crippen LogP contribution in [0.4, 0.5) is 0 Å². The smallest absolute Gasteiger partial charge is 0.0841 e. The molecule has 0 fully saturated rings. The fraction of sp³-hybridized carbons (Fsp3) is 0.833. The van der Waals surface area contributed by atoms with Crippen molar-refractivity contribution >= 4 is 0 Å². The molecule has 0 bridgehead atoms. The first-order valence-corrected chi connectivity index (χ1v) is 3.07. The van der Waals surface area contributed by atoms with Crippen LogP contribution in [0.25, 0.3) is 0 Å². The lowest BCUT2D eigenvalue weighted by Crippen LogP contribution is -2.19. The third-order valence-corrected chi connectivity index (χ3v) is 0.831. The zero-order valence-electron chi connectivity index (χ0n) is 5.68. The van der Waals surface area contributed by atoms with E-state index in [0.29, 0.717) is 13.2 Å². The molecule has 0 rings (SSSR count). The van der Waals surface area contributed by atoms with Crippen molar-refractivity contribution < 1.29 is 4.74 Å². The molecule has 52 valence electrons. The summed E-state index contributed by atoms with van der Waals surface area (Å²) >= 11 is 0. The summed E-state index contributed by atoms with van der Waals surface area (Å²) in [6.07, 6.45) is 0. The van der Waals surface area contributed by atoms with Crippen LogP contribution in [0.3, 0.4) is 0 Å². The fourth-order valence-electron chi connectivity index (χ4n) is 0.433. The van der Waals surface area contributed by atoms with Gasteiger partial charge in [0.25, 0.3) is 0 Å². The minimum Gasteiger partial charge on any atom is -0.380 e. The van der Waals surface area contributed by atoms with Gasteiger partial charge in [-0.15, -0.1) is 0 Å². The lowest BCUT2D eigenvalue weighted by Gasteiger charge is -1.98. The SMILES string of the molecule is CCOCCNCC#N. The fourth-order valence-corrected chi connectivity index (χ4v) is 0.433. The molecule has 0 saturated heterocycles. The molecule has 0 aliphatic heterocycles. The summed E-state index contributed by atoms with van der Waals surface area (Å²) in [4.78, 5) is 0. The average Bonchev–Trinajstić information content (AvgIpc) is 1.89. The molecule has 0 aliphatic rings. The maximum atomic E-state index is 8.07. The Morgan fingerprint density at radius 2 is 2.44 bits per heavy atom. The molecule has 3 heteroatoms. The number of ether oxygens (including phenoxy) is 1. The number of nitriles is 1. The highest BCUT2D eigenvalue weighted by Crippen LogP contribution is 1.68. The number of nitrogens with zero attached hydrogens (tertiary/aromatic N) is 1.